The summed E-state index contributed by atoms with van der Waals surface area (Å²) < 4.78 is 16.2. The molecule has 0 N–H and O–H groups in total. The molecule has 0 saturated heterocycles. The topological polar surface area (TPSA) is 78.9 Å². The van der Waals surface area contributed by atoms with E-state index in [1.54, 1.807) is 6.07 Å². The first-order valence-electron chi connectivity index (χ1n) is 8.17. The Labute approximate surface area is 146 Å². The van der Waals surface area contributed by atoms with E-state index >= 15 is 0 Å². The van der Waals surface area contributed by atoms with Crippen LogP contribution in [0.2, 0.25) is 0 Å². The smallest absolute Gasteiger partial charge is 0.303 e. The molecular weight excluding hydrogens is 324 g/mol. The van der Waals surface area contributed by atoms with Crippen LogP contribution in [0.15, 0.2) is 18.2 Å². The number of hydrogen-bond acceptors (Lipinski definition) is 6. The summed E-state index contributed by atoms with van der Waals surface area (Å²) in [4.78, 5) is 36.2. The fraction of sp³-hybridized carbons (Fsp3) is 0.421. The van der Waals surface area contributed by atoms with Gasteiger partial charge in [0.05, 0.1) is 25.3 Å². The van der Waals surface area contributed by atoms with Gasteiger partial charge in [0.15, 0.2) is 11.6 Å². The Morgan fingerprint density at radius 1 is 1.08 bits per heavy atom. The molecule has 1 aliphatic rings. The Bertz CT molecular complexity index is 732. The van der Waals surface area contributed by atoms with Gasteiger partial charge in [-0.1, -0.05) is 13.3 Å². The number of hydrogen-bond donors (Lipinski definition) is 0. The van der Waals surface area contributed by atoms with E-state index in [4.69, 9.17) is 14.2 Å². The Kier molecular flexibility index (Phi) is 5.96. The Balaban J connectivity index is 2.69. The van der Waals surface area contributed by atoms with Crippen LogP contribution in [-0.2, 0) is 9.53 Å². The van der Waals surface area contributed by atoms with Crippen LogP contribution >= 0.6 is 0 Å². The summed E-state index contributed by atoms with van der Waals surface area (Å²) in [6.45, 7) is 3.36. The van der Waals surface area contributed by atoms with Gasteiger partial charge in [0.25, 0.3) is 0 Å². The zero-order valence-corrected chi connectivity index (χ0v) is 14.9. The third-order valence-corrected chi connectivity index (χ3v) is 4.05. The van der Waals surface area contributed by atoms with E-state index in [2.05, 4.69) is 0 Å². The molecule has 134 valence electrons. The van der Waals surface area contributed by atoms with Crippen molar-refractivity contribution in [2.75, 3.05) is 14.2 Å². The second-order valence-electron chi connectivity index (χ2n) is 5.75. The van der Waals surface area contributed by atoms with Crippen molar-refractivity contribution in [1.82, 2.24) is 0 Å². The number of allylic oxidation sites excluding steroid dienone is 2. The number of ether oxygens (including phenoxy) is 3. The molecule has 25 heavy (non-hydrogen) atoms. The maximum Gasteiger partial charge on any atom is 0.303 e. The summed E-state index contributed by atoms with van der Waals surface area (Å²) in [5, 5.41) is 0. The van der Waals surface area contributed by atoms with Gasteiger partial charge in [-0.2, -0.15) is 0 Å². The van der Waals surface area contributed by atoms with Crippen molar-refractivity contribution in [3.05, 3.63) is 34.9 Å². The normalized spacial score (nSPS) is 14.1. The fourth-order valence-electron chi connectivity index (χ4n) is 2.95. The molecule has 6 nitrogen and oxygen atoms in total. The largest absolute Gasteiger partial charge is 0.496 e. The van der Waals surface area contributed by atoms with E-state index in [-0.39, 0.29) is 34.2 Å². The Morgan fingerprint density at radius 2 is 1.72 bits per heavy atom. The lowest BCUT2D eigenvalue weighted by Crippen LogP contribution is -2.18. The van der Waals surface area contributed by atoms with Crippen LogP contribution < -0.4 is 9.47 Å². The van der Waals surface area contributed by atoms with Gasteiger partial charge in [0, 0.05) is 12.5 Å². The van der Waals surface area contributed by atoms with Crippen molar-refractivity contribution in [3.8, 4) is 11.5 Å². The highest BCUT2D eigenvalue weighted by Gasteiger charge is 2.32. The lowest BCUT2D eigenvalue weighted by Gasteiger charge is -2.24. The zero-order chi connectivity index (χ0) is 18.6. The van der Waals surface area contributed by atoms with Crippen molar-refractivity contribution in [2.24, 2.45) is 0 Å². The molecule has 6 heteroatoms. The number of fused-ring (bicyclic) bond motifs is 1. The Hall–Kier alpha value is -2.63. The highest BCUT2D eigenvalue weighted by atomic mass is 16.5. The van der Waals surface area contributed by atoms with Crippen molar-refractivity contribution in [2.45, 2.75) is 39.2 Å². The highest BCUT2D eigenvalue weighted by molar-refractivity contribution is 6.24. The van der Waals surface area contributed by atoms with Crippen molar-refractivity contribution >= 4 is 17.5 Å². The highest BCUT2D eigenvalue weighted by Crippen LogP contribution is 2.42. The van der Waals surface area contributed by atoms with E-state index < -0.39 is 12.1 Å². The molecule has 0 spiro atoms. The summed E-state index contributed by atoms with van der Waals surface area (Å²) in [7, 11) is 2.85. The quantitative estimate of drug-likeness (QED) is 0.704. The lowest BCUT2D eigenvalue weighted by molar-refractivity contribution is -0.147. The number of esters is 1. The Morgan fingerprint density at radius 3 is 2.24 bits per heavy atom. The summed E-state index contributed by atoms with van der Waals surface area (Å²) in [6.07, 6.45) is 4.17. The van der Waals surface area contributed by atoms with E-state index in [0.29, 0.717) is 12.0 Å². The number of benzene rings is 1. The van der Waals surface area contributed by atoms with Gasteiger partial charge in [0.1, 0.15) is 17.6 Å². The first kappa shape index (κ1) is 18.7. The first-order chi connectivity index (χ1) is 11.9. The molecule has 1 aliphatic carbocycles. The van der Waals surface area contributed by atoms with Crippen LogP contribution in [0.1, 0.15) is 65.5 Å². The van der Waals surface area contributed by atoms with Gasteiger partial charge in [-0.3, -0.25) is 14.4 Å². The molecule has 1 atom stereocenters. The first-order valence-corrected chi connectivity index (χ1v) is 8.17. The summed E-state index contributed by atoms with van der Waals surface area (Å²) in [5.41, 5.74) is 0.851. The molecule has 0 saturated carbocycles. The van der Waals surface area contributed by atoms with Crippen LogP contribution in [0.3, 0.4) is 0 Å². The molecule has 0 amide bonds. The van der Waals surface area contributed by atoms with Gasteiger partial charge < -0.3 is 14.2 Å². The molecule has 0 heterocycles. The maximum atomic E-state index is 12.4. The maximum absolute atomic E-state index is 12.4. The van der Waals surface area contributed by atoms with Crippen LogP contribution in [0.4, 0.5) is 0 Å². The number of methoxy groups -OCH3 is 2. The average molecular weight is 346 g/mol. The molecule has 1 aromatic rings. The van der Waals surface area contributed by atoms with E-state index in [1.165, 1.54) is 33.3 Å². The summed E-state index contributed by atoms with van der Waals surface area (Å²) >= 11 is 0. The van der Waals surface area contributed by atoms with E-state index in [9.17, 15) is 14.4 Å². The third-order valence-electron chi connectivity index (χ3n) is 4.05. The standard InChI is InChI=1S/C19H22O6/c1-5-6-7-15(25-11(2)20)12-10-16(23-3)17-13(21)8-9-14(22)18(17)19(12)24-4/h8-10,15H,5-7H2,1-4H3. The van der Waals surface area contributed by atoms with E-state index in [0.717, 1.165) is 12.8 Å². The van der Waals surface area contributed by atoms with Gasteiger partial charge in [-0.15, -0.1) is 0 Å². The van der Waals surface area contributed by atoms with Crippen molar-refractivity contribution < 1.29 is 28.6 Å². The molecule has 1 aromatic carbocycles. The summed E-state index contributed by atoms with van der Waals surface area (Å²) in [6, 6.07) is 1.62. The van der Waals surface area contributed by atoms with Crippen LogP contribution in [0, 0.1) is 0 Å². The van der Waals surface area contributed by atoms with E-state index in [1.807, 2.05) is 6.92 Å². The van der Waals surface area contributed by atoms with Gasteiger partial charge in [-0.25, -0.2) is 0 Å². The number of unbranched alkanes of at least 4 members (excludes halogenated alkanes) is 1. The average Bonchev–Trinajstić information content (AvgIpc) is 2.59. The molecule has 0 fully saturated rings. The molecule has 0 bridgehead atoms. The SMILES string of the molecule is CCCCC(OC(C)=O)c1cc(OC)c2c(c1OC)C(=O)C=CC2=O. The molecule has 0 aromatic heterocycles. The minimum Gasteiger partial charge on any atom is -0.496 e. The monoisotopic (exact) mass is 346 g/mol. The molecule has 0 aliphatic heterocycles. The second kappa shape index (κ2) is 7.96. The van der Waals surface area contributed by atoms with Crippen LogP contribution in [0.25, 0.3) is 0 Å². The number of carbonyl (C=O) groups excluding carboxylic acids is 3. The number of carbonyl (C=O) groups is 3. The van der Waals surface area contributed by atoms with Gasteiger partial charge in [-0.05, 0) is 31.1 Å². The fourth-order valence-corrected chi connectivity index (χ4v) is 2.95. The van der Waals surface area contributed by atoms with Gasteiger partial charge in [0.2, 0.25) is 0 Å². The number of ketones is 2. The summed E-state index contributed by atoms with van der Waals surface area (Å²) in [5.74, 6) is -0.581. The zero-order valence-electron chi connectivity index (χ0n) is 14.9. The van der Waals surface area contributed by atoms with Gasteiger partial charge >= 0.3 is 5.97 Å². The van der Waals surface area contributed by atoms with Crippen molar-refractivity contribution in [3.63, 3.8) is 0 Å². The van der Waals surface area contributed by atoms with Crippen LogP contribution in [0.5, 0.6) is 11.5 Å². The molecular formula is C19H22O6. The molecule has 0 radical (unpaired) electrons. The van der Waals surface area contributed by atoms with Crippen LogP contribution in [-0.4, -0.2) is 31.8 Å². The third kappa shape index (κ3) is 3.73. The predicted molar refractivity (Wildman–Crippen MR) is 91.4 cm³/mol. The predicted octanol–water partition coefficient (Wildman–Crippen LogP) is 3.43. The molecule has 2 rings (SSSR count). The molecule has 1 unspecified atom stereocenters. The minimum atomic E-state index is -0.583. The minimum absolute atomic E-state index is 0.151. The van der Waals surface area contributed by atoms with Crippen molar-refractivity contribution in [1.29, 1.82) is 0 Å². The second-order valence-corrected chi connectivity index (χ2v) is 5.75. The number of rotatable bonds is 7. The lowest BCUT2D eigenvalue weighted by atomic mass is 9.88.